The minimum absolute atomic E-state index is 0.123. The molecule has 0 spiro atoms. The van der Waals surface area contributed by atoms with Crippen LogP contribution in [0.15, 0.2) is 91.1 Å². The van der Waals surface area contributed by atoms with Crippen LogP contribution < -0.4 is 0 Å². The molecule has 2 amide bonds. The van der Waals surface area contributed by atoms with Gasteiger partial charge in [0, 0.05) is 23.5 Å². The summed E-state index contributed by atoms with van der Waals surface area (Å²) in [4.78, 5) is 42.0. The number of carboxylic acid groups (broad SMARTS) is 1. The summed E-state index contributed by atoms with van der Waals surface area (Å²) in [6, 6.07) is 23.6. The Bertz CT molecular complexity index is 1250. The molecule has 8 heteroatoms. The van der Waals surface area contributed by atoms with Gasteiger partial charge in [-0.1, -0.05) is 78.9 Å². The molecule has 3 aromatic carbocycles. The van der Waals surface area contributed by atoms with Gasteiger partial charge in [-0.2, -0.15) is 4.90 Å². The molecule has 178 valence electrons. The predicted octanol–water partition coefficient (Wildman–Crippen LogP) is 5.14. The van der Waals surface area contributed by atoms with E-state index >= 15 is 0 Å². The first-order chi connectivity index (χ1) is 17.0. The highest BCUT2D eigenvalue weighted by atomic mass is 16.6. The zero-order chi connectivity index (χ0) is 24.6. The molecule has 0 bridgehead atoms. The van der Waals surface area contributed by atoms with Crippen LogP contribution in [0.2, 0.25) is 0 Å². The Hall–Kier alpha value is -4.59. The number of carbonyl (C=O) groups is 3. The molecule has 0 radical (unpaired) electrons. The summed E-state index contributed by atoms with van der Waals surface area (Å²) in [6.45, 7) is -0.247. The summed E-state index contributed by atoms with van der Waals surface area (Å²) < 4.78 is 10.6. The molecular weight excluding hydrogens is 448 g/mol. The van der Waals surface area contributed by atoms with Crippen molar-refractivity contribution in [2.45, 2.75) is 25.7 Å². The van der Waals surface area contributed by atoms with Gasteiger partial charge in [-0.25, -0.2) is 14.4 Å². The van der Waals surface area contributed by atoms with Crippen molar-refractivity contribution in [2.24, 2.45) is 0 Å². The Labute approximate surface area is 201 Å². The van der Waals surface area contributed by atoms with Gasteiger partial charge < -0.3 is 19.6 Å². The molecule has 0 fully saturated rings. The van der Waals surface area contributed by atoms with E-state index in [1.807, 2.05) is 36.4 Å². The number of hydrogen-bond donors (Lipinski definition) is 2. The van der Waals surface area contributed by atoms with E-state index in [-0.39, 0.29) is 19.6 Å². The van der Waals surface area contributed by atoms with Gasteiger partial charge in [-0.05, 0) is 22.8 Å². The lowest BCUT2D eigenvalue weighted by Crippen LogP contribution is -2.50. The molecule has 2 N–H and O–H groups in total. The highest BCUT2D eigenvalue weighted by Gasteiger charge is 2.38. The van der Waals surface area contributed by atoms with E-state index in [1.54, 1.807) is 54.7 Å². The van der Waals surface area contributed by atoms with Gasteiger partial charge in [-0.15, -0.1) is 0 Å². The molecule has 4 rings (SSSR count). The maximum Gasteiger partial charge on any atom is 0.420 e. The fourth-order valence-electron chi connectivity index (χ4n) is 3.70. The normalized spacial score (nSPS) is 11.5. The summed E-state index contributed by atoms with van der Waals surface area (Å²) >= 11 is 0. The van der Waals surface area contributed by atoms with Crippen LogP contribution in [-0.4, -0.2) is 39.2 Å². The fourth-order valence-corrected chi connectivity index (χ4v) is 3.70. The van der Waals surface area contributed by atoms with Crippen molar-refractivity contribution in [2.75, 3.05) is 0 Å². The Morgan fingerprint density at radius 2 is 1.29 bits per heavy atom. The number of imide groups is 1. The van der Waals surface area contributed by atoms with Gasteiger partial charge in [0.25, 0.3) is 0 Å². The molecule has 0 saturated carbocycles. The standard InChI is InChI=1S/C27H24N2O6/c30-25(31)24(15-21-16-28-23-14-8-7-13-22(21)23)29(26(32)34-17-19-9-3-1-4-10-19)27(33)35-18-20-11-5-2-6-12-20/h1-14,16,24,28H,15,17-18H2,(H,30,31)/t24-/m0/s1. The molecule has 0 aliphatic rings. The largest absolute Gasteiger partial charge is 0.480 e. The average Bonchev–Trinajstić information content (AvgIpc) is 3.30. The number of H-pyrrole nitrogens is 1. The van der Waals surface area contributed by atoms with E-state index < -0.39 is 24.2 Å². The van der Waals surface area contributed by atoms with Crippen LogP contribution in [0.25, 0.3) is 10.9 Å². The number of aliphatic carboxylic acids is 1. The van der Waals surface area contributed by atoms with E-state index in [9.17, 15) is 19.5 Å². The van der Waals surface area contributed by atoms with Crippen LogP contribution in [0.5, 0.6) is 0 Å². The van der Waals surface area contributed by atoms with Gasteiger partial charge in [0.05, 0.1) is 0 Å². The number of hydrogen-bond acceptors (Lipinski definition) is 5. The average molecular weight is 472 g/mol. The van der Waals surface area contributed by atoms with Crippen LogP contribution in [0.3, 0.4) is 0 Å². The quantitative estimate of drug-likeness (QED) is 0.368. The Balaban J connectivity index is 1.58. The monoisotopic (exact) mass is 472 g/mol. The zero-order valence-electron chi connectivity index (χ0n) is 18.8. The van der Waals surface area contributed by atoms with E-state index in [0.717, 1.165) is 10.9 Å². The number of carbonyl (C=O) groups excluding carboxylic acids is 2. The number of para-hydroxylation sites is 1. The molecular formula is C27H24N2O6. The van der Waals surface area contributed by atoms with Crippen LogP contribution in [-0.2, 0) is 33.9 Å². The summed E-state index contributed by atoms with van der Waals surface area (Å²) in [5.74, 6) is -1.36. The van der Waals surface area contributed by atoms with Crippen LogP contribution in [0.1, 0.15) is 16.7 Å². The second kappa shape index (κ2) is 11.0. The number of carboxylic acids is 1. The first-order valence-corrected chi connectivity index (χ1v) is 11.0. The van der Waals surface area contributed by atoms with E-state index in [1.165, 1.54) is 0 Å². The second-order valence-electron chi connectivity index (χ2n) is 7.87. The van der Waals surface area contributed by atoms with Crippen LogP contribution >= 0.6 is 0 Å². The molecule has 0 unspecified atom stereocenters. The highest BCUT2D eigenvalue weighted by molar-refractivity contribution is 5.94. The molecule has 1 heterocycles. The van der Waals surface area contributed by atoms with Crippen molar-refractivity contribution in [3.8, 4) is 0 Å². The number of fused-ring (bicyclic) bond motifs is 1. The first kappa shape index (κ1) is 23.6. The number of nitrogens with zero attached hydrogens (tertiary/aromatic N) is 1. The van der Waals surface area contributed by atoms with Gasteiger partial charge in [0.15, 0.2) is 0 Å². The minimum Gasteiger partial charge on any atom is -0.480 e. The molecule has 0 aliphatic heterocycles. The molecule has 4 aromatic rings. The number of amides is 2. The maximum atomic E-state index is 13.0. The Morgan fingerprint density at radius 1 is 0.771 bits per heavy atom. The smallest absolute Gasteiger partial charge is 0.420 e. The van der Waals surface area contributed by atoms with Crippen molar-refractivity contribution in [1.29, 1.82) is 0 Å². The molecule has 1 aromatic heterocycles. The number of ether oxygens (including phenoxy) is 2. The molecule has 35 heavy (non-hydrogen) atoms. The van der Waals surface area contributed by atoms with Crippen LogP contribution in [0, 0.1) is 0 Å². The Morgan fingerprint density at radius 3 is 1.83 bits per heavy atom. The minimum atomic E-state index is -1.54. The second-order valence-corrected chi connectivity index (χ2v) is 7.87. The Kier molecular flexibility index (Phi) is 7.42. The SMILES string of the molecule is O=C(O)[C@H](Cc1c[nH]c2ccccc12)N(C(=O)OCc1ccccc1)C(=O)OCc1ccccc1. The third-order valence-electron chi connectivity index (χ3n) is 5.49. The zero-order valence-corrected chi connectivity index (χ0v) is 18.8. The molecule has 0 aliphatic carbocycles. The highest BCUT2D eigenvalue weighted by Crippen LogP contribution is 2.22. The number of nitrogens with one attached hydrogen (secondary N) is 1. The number of aromatic amines is 1. The van der Waals surface area contributed by atoms with Crippen molar-refractivity contribution < 1.29 is 29.0 Å². The molecule has 1 atom stereocenters. The van der Waals surface area contributed by atoms with E-state index in [0.29, 0.717) is 21.6 Å². The molecule has 0 saturated heterocycles. The van der Waals surface area contributed by atoms with E-state index in [2.05, 4.69) is 4.98 Å². The maximum absolute atomic E-state index is 13.0. The topological polar surface area (TPSA) is 109 Å². The third kappa shape index (κ3) is 5.86. The number of benzene rings is 3. The number of aromatic nitrogens is 1. The van der Waals surface area contributed by atoms with Crippen LogP contribution in [0.4, 0.5) is 9.59 Å². The summed E-state index contributed by atoms with van der Waals surface area (Å²) in [7, 11) is 0. The van der Waals surface area contributed by atoms with Crippen molar-refractivity contribution in [3.63, 3.8) is 0 Å². The lowest BCUT2D eigenvalue weighted by molar-refractivity contribution is -0.142. The van der Waals surface area contributed by atoms with Gasteiger partial charge >= 0.3 is 18.2 Å². The summed E-state index contributed by atoms with van der Waals surface area (Å²) in [6.07, 6.45) is -0.651. The van der Waals surface area contributed by atoms with Crippen molar-refractivity contribution in [3.05, 3.63) is 108 Å². The van der Waals surface area contributed by atoms with Gasteiger partial charge in [-0.3, -0.25) is 0 Å². The van der Waals surface area contributed by atoms with Gasteiger partial charge in [0.2, 0.25) is 0 Å². The molecule has 8 nitrogen and oxygen atoms in total. The number of rotatable bonds is 8. The van der Waals surface area contributed by atoms with Crippen molar-refractivity contribution >= 4 is 29.1 Å². The third-order valence-corrected chi connectivity index (χ3v) is 5.49. The lowest BCUT2D eigenvalue weighted by Gasteiger charge is -2.26. The van der Waals surface area contributed by atoms with Crippen molar-refractivity contribution in [1.82, 2.24) is 9.88 Å². The van der Waals surface area contributed by atoms with E-state index in [4.69, 9.17) is 9.47 Å². The lowest BCUT2D eigenvalue weighted by atomic mass is 10.0. The first-order valence-electron chi connectivity index (χ1n) is 11.0. The fraction of sp³-hybridized carbons (Fsp3) is 0.148. The van der Waals surface area contributed by atoms with Gasteiger partial charge in [0.1, 0.15) is 19.3 Å². The summed E-state index contributed by atoms with van der Waals surface area (Å²) in [5.41, 5.74) is 2.85. The summed E-state index contributed by atoms with van der Waals surface area (Å²) in [5, 5.41) is 10.8. The predicted molar refractivity (Wildman–Crippen MR) is 129 cm³/mol.